The van der Waals surface area contributed by atoms with E-state index in [1.807, 2.05) is 12.1 Å². The molecule has 8 heteroatoms. The van der Waals surface area contributed by atoms with E-state index in [1.54, 1.807) is 0 Å². The lowest BCUT2D eigenvalue weighted by Crippen LogP contribution is -2.21. The van der Waals surface area contributed by atoms with E-state index in [4.69, 9.17) is 15.7 Å². The Hall–Kier alpha value is 0.0200. The molecule has 0 spiro atoms. The minimum Gasteiger partial charge on any atom is -0.483 e. The van der Waals surface area contributed by atoms with Gasteiger partial charge in [0, 0.05) is 4.47 Å². The Morgan fingerprint density at radius 1 is 1.31 bits per heavy atom. The second kappa shape index (κ2) is 7.37. The van der Waals surface area contributed by atoms with Gasteiger partial charge in [0.15, 0.2) is 5.84 Å². The minimum absolute atomic E-state index is 0. The predicted octanol–water partition coefficient (Wildman–Crippen LogP) is 3.52. The number of oxime groups is 1. The lowest BCUT2D eigenvalue weighted by Gasteiger charge is -2.09. The van der Waals surface area contributed by atoms with E-state index in [-0.39, 0.29) is 24.8 Å². The minimum atomic E-state index is 0. The molecule has 0 unspecified atom stereocenters. The first-order chi connectivity index (χ1) is 7.04. The van der Waals surface area contributed by atoms with Gasteiger partial charge in [0.25, 0.3) is 0 Å². The van der Waals surface area contributed by atoms with Gasteiger partial charge in [-0.3, -0.25) is 0 Å². The zero-order valence-corrected chi connectivity index (χ0v) is 13.4. The number of rotatable bonds is 3. The fourth-order valence-electron chi connectivity index (χ4n) is 0.842. The van der Waals surface area contributed by atoms with Crippen molar-refractivity contribution in [3.8, 4) is 5.75 Å². The molecule has 0 saturated carbocycles. The van der Waals surface area contributed by atoms with Crippen LogP contribution in [0.1, 0.15) is 0 Å². The summed E-state index contributed by atoms with van der Waals surface area (Å²) in [6.45, 7) is 0.0231. The van der Waals surface area contributed by atoms with E-state index in [9.17, 15) is 0 Å². The Balaban J connectivity index is 0.00000225. The van der Waals surface area contributed by atoms with Crippen LogP contribution in [0.15, 0.2) is 30.7 Å². The summed E-state index contributed by atoms with van der Waals surface area (Å²) in [6.07, 6.45) is 0. The van der Waals surface area contributed by atoms with Crippen molar-refractivity contribution in [1.82, 2.24) is 0 Å². The van der Waals surface area contributed by atoms with Crippen molar-refractivity contribution in [2.75, 3.05) is 6.61 Å². The quantitative estimate of drug-likeness (QED) is 0.328. The molecule has 1 aromatic rings. The first-order valence-electron chi connectivity index (χ1n) is 3.78. The molecule has 0 aliphatic heterocycles. The van der Waals surface area contributed by atoms with Crippen LogP contribution >= 0.6 is 60.2 Å². The van der Waals surface area contributed by atoms with Crippen molar-refractivity contribution in [3.63, 3.8) is 0 Å². The van der Waals surface area contributed by atoms with Crippen molar-refractivity contribution in [1.29, 1.82) is 0 Å². The van der Waals surface area contributed by atoms with Crippen LogP contribution in [-0.4, -0.2) is 17.6 Å². The zero-order chi connectivity index (χ0) is 11.4. The highest BCUT2D eigenvalue weighted by molar-refractivity contribution is 9.11. The van der Waals surface area contributed by atoms with E-state index in [0.717, 1.165) is 13.4 Å². The molecule has 0 bridgehead atoms. The van der Waals surface area contributed by atoms with Gasteiger partial charge in [-0.15, -0.1) is 12.4 Å². The van der Waals surface area contributed by atoms with Crippen molar-refractivity contribution < 1.29 is 9.94 Å². The lowest BCUT2D eigenvalue weighted by atomic mass is 10.3. The second-order valence-corrected chi connectivity index (χ2v) is 5.20. The van der Waals surface area contributed by atoms with Gasteiger partial charge in [-0.1, -0.05) is 21.1 Å². The normalized spacial score (nSPS) is 10.8. The van der Waals surface area contributed by atoms with E-state index in [0.29, 0.717) is 5.75 Å². The smallest absolute Gasteiger partial charge is 0.177 e. The van der Waals surface area contributed by atoms with Crippen LogP contribution in [-0.2, 0) is 0 Å². The van der Waals surface area contributed by atoms with Crippen LogP contribution in [0, 0.1) is 0 Å². The van der Waals surface area contributed by atoms with Gasteiger partial charge in [0.1, 0.15) is 12.4 Å². The number of amidine groups is 1. The molecule has 1 rings (SSSR count). The third-order valence-corrected chi connectivity index (χ3v) is 3.09. The van der Waals surface area contributed by atoms with Gasteiger partial charge < -0.3 is 15.7 Å². The standard InChI is InChI=1S/C8H7Br3N2O2.ClH/c9-4-1-5(10)8(6(11)2-4)15-3-7(12)13-14;/h1-2,14H,3H2,(H2,12,13);1H. The summed E-state index contributed by atoms with van der Waals surface area (Å²) < 4.78 is 7.80. The largest absolute Gasteiger partial charge is 0.483 e. The average Bonchev–Trinajstić information content (AvgIpc) is 2.15. The Morgan fingerprint density at radius 2 is 1.81 bits per heavy atom. The summed E-state index contributed by atoms with van der Waals surface area (Å²) in [7, 11) is 0. The number of halogens is 4. The van der Waals surface area contributed by atoms with Crippen LogP contribution in [0.3, 0.4) is 0 Å². The maximum atomic E-state index is 8.35. The number of benzene rings is 1. The number of ether oxygens (including phenoxy) is 1. The van der Waals surface area contributed by atoms with Gasteiger partial charge in [0.05, 0.1) is 8.95 Å². The molecule has 0 aromatic heterocycles. The topological polar surface area (TPSA) is 67.8 Å². The van der Waals surface area contributed by atoms with E-state index in [2.05, 4.69) is 52.9 Å². The summed E-state index contributed by atoms with van der Waals surface area (Å²) in [6, 6.07) is 3.68. The molecule has 0 aliphatic rings. The second-order valence-electron chi connectivity index (χ2n) is 2.58. The lowest BCUT2D eigenvalue weighted by molar-refractivity contribution is 0.305. The van der Waals surface area contributed by atoms with Gasteiger partial charge in [0.2, 0.25) is 0 Å². The van der Waals surface area contributed by atoms with Crippen LogP contribution in [0.25, 0.3) is 0 Å². The van der Waals surface area contributed by atoms with Crippen molar-refractivity contribution in [2.24, 2.45) is 10.9 Å². The summed E-state index contributed by atoms with van der Waals surface area (Å²) >= 11 is 10.0. The van der Waals surface area contributed by atoms with Crippen LogP contribution in [0.5, 0.6) is 5.75 Å². The molecule has 3 N–H and O–H groups in total. The zero-order valence-electron chi connectivity index (χ0n) is 7.78. The molecule has 0 amide bonds. The molecule has 1 aromatic carbocycles. The van der Waals surface area contributed by atoms with E-state index < -0.39 is 0 Å². The predicted molar refractivity (Wildman–Crippen MR) is 75.7 cm³/mol. The first-order valence-corrected chi connectivity index (χ1v) is 6.16. The van der Waals surface area contributed by atoms with Crippen molar-refractivity contribution in [3.05, 3.63) is 25.6 Å². The summed E-state index contributed by atoms with van der Waals surface area (Å²) in [5.74, 6) is 0.613. The fourth-order valence-corrected chi connectivity index (χ4v) is 3.33. The third kappa shape index (κ3) is 4.48. The van der Waals surface area contributed by atoms with Crippen molar-refractivity contribution >= 4 is 66.0 Å². The number of hydrogen-bond acceptors (Lipinski definition) is 3. The molecule has 0 fully saturated rings. The number of nitrogens with zero attached hydrogens (tertiary/aromatic N) is 1. The highest BCUT2D eigenvalue weighted by Gasteiger charge is 2.08. The third-order valence-electron chi connectivity index (χ3n) is 1.46. The molecule has 0 saturated heterocycles. The molecular weight excluding hydrogens is 431 g/mol. The average molecular weight is 439 g/mol. The maximum absolute atomic E-state index is 8.35. The molecule has 0 radical (unpaired) electrons. The summed E-state index contributed by atoms with van der Waals surface area (Å²) in [5.41, 5.74) is 5.29. The molecule has 90 valence electrons. The monoisotopic (exact) mass is 436 g/mol. The van der Waals surface area contributed by atoms with Crippen molar-refractivity contribution in [2.45, 2.75) is 0 Å². The van der Waals surface area contributed by atoms with Gasteiger partial charge in [-0.05, 0) is 44.0 Å². The molecule has 16 heavy (non-hydrogen) atoms. The molecule has 4 nitrogen and oxygen atoms in total. The maximum Gasteiger partial charge on any atom is 0.177 e. The van der Waals surface area contributed by atoms with E-state index in [1.165, 1.54) is 0 Å². The Kier molecular flexibility index (Phi) is 7.38. The summed E-state index contributed by atoms with van der Waals surface area (Å²) in [4.78, 5) is 0. The van der Waals surface area contributed by atoms with Crippen LogP contribution in [0.4, 0.5) is 0 Å². The Morgan fingerprint density at radius 3 is 2.25 bits per heavy atom. The highest BCUT2D eigenvalue weighted by Crippen LogP contribution is 2.36. The van der Waals surface area contributed by atoms with Gasteiger partial charge >= 0.3 is 0 Å². The SMILES string of the molecule is Cl.N/C(COc1c(Br)cc(Br)cc1Br)=N\O. The molecule has 0 heterocycles. The first kappa shape index (κ1) is 16.0. The van der Waals surface area contributed by atoms with Crippen LogP contribution in [0.2, 0.25) is 0 Å². The van der Waals surface area contributed by atoms with Gasteiger partial charge in [-0.25, -0.2) is 0 Å². The molecule has 0 aliphatic carbocycles. The summed E-state index contributed by atoms with van der Waals surface area (Å²) in [5, 5.41) is 11.2. The Bertz CT molecular complexity index is 378. The van der Waals surface area contributed by atoms with Gasteiger partial charge in [-0.2, -0.15) is 0 Å². The fraction of sp³-hybridized carbons (Fsp3) is 0.125. The van der Waals surface area contributed by atoms with Crippen LogP contribution < -0.4 is 10.5 Å². The number of nitrogens with two attached hydrogens (primary N) is 1. The number of hydrogen-bond donors (Lipinski definition) is 2. The highest BCUT2D eigenvalue weighted by atomic mass is 79.9. The molecule has 0 atom stereocenters. The molecular formula is C8H8Br3ClN2O2. The van der Waals surface area contributed by atoms with E-state index >= 15 is 0 Å². The Labute approximate surface area is 124 Å².